The summed E-state index contributed by atoms with van der Waals surface area (Å²) in [7, 11) is 3.35. The van der Waals surface area contributed by atoms with Crippen LogP contribution in [0.25, 0.3) is 5.69 Å². The summed E-state index contributed by atoms with van der Waals surface area (Å²) < 4.78 is 6.70. The van der Waals surface area contributed by atoms with Crippen LogP contribution in [0.4, 0.5) is 0 Å². The molecule has 2 aromatic rings. The third-order valence-electron chi connectivity index (χ3n) is 3.27. The van der Waals surface area contributed by atoms with E-state index in [9.17, 15) is 4.79 Å². The smallest absolute Gasteiger partial charge is 0.269 e. The lowest BCUT2D eigenvalue weighted by Crippen LogP contribution is -2.48. The number of benzene rings is 1. The number of hydrogen-bond donors (Lipinski definition) is 2. The zero-order valence-corrected chi connectivity index (χ0v) is 14.5. The van der Waals surface area contributed by atoms with Crippen molar-refractivity contribution in [3.05, 3.63) is 48.3 Å². The molecule has 1 amide bonds. The van der Waals surface area contributed by atoms with Crippen molar-refractivity contribution < 1.29 is 9.53 Å². The molecule has 8 heteroatoms. The van der Waals surface area contributed by atoms with Crippen LogP contribution < -0.4 is 10.7 Å². The summed E-state index contributed by atoms with van der Waals surface area (Å²) in [6, 6.07) is 9.01. The minimum atomic E-state index is -0.231. The topological polar surface area (TPSA) is 71.4 Å². The molecule has 128 valence electrons. The van der Waals surface area contributed by atoms with Gasteiger partial charge in [-0.2, -0.15) is 5.10 Å². The predicted octanol–water partition coefficient (Wildman–Crippen LogP) is 1.36. The van der Waals surface area contributed by atoms with Crippen LogP contribution in [-0.2, 0) is 4.74 Å². The summed E-state index contributed by atoms with van der Waals surface area (Å²) in [5, 5.41) is 9.14. The van der Waals surface area contributed by atoms with E-state index in [1.54, 1.807) is 37.2 Å². The first-order chi connectivity index (χ1) is 11.6. The number of nitrogens with zero attached hydrogens (tertiary/aromatic N) is 3. The minimum absolute atomic E-state index is 0.231. The number of nitrogens with one attached hydrogen (secondary N) is 2. The van der Waals surface area contributed by atoms with E-state index < -0.39 is 0 Å². The molecule has 0 unspecified atom stereocenters. The van der Waals surface area contributed by atoms with Gasteiger partial charge >= 0.3 is 0 Å². The van der Waals surface area contributed by atoms with Gasteiger partial charge in [0.25, 0.3) is 5.91 Å². The summed E-state index contributed by atoms with van der Waals surface area (Å²) in [4.78, 5) is 12.3. The fourth-order valence-electron chi connectivity index (χ4n) is 1.99. The third-order valence-corrected chi connectivity index (χ3v) is 3.69. The Hall–Kier alpha value is -2.45. The van der Waals surface area contributed by atoms with Gasteiger partial charge in [0.2, 0.25) is 0 Å². The van der Waals surface area contributed by atoms with E-state index in [0.29, 0.717) is 23.8 Å². The molecule has 7 nitrogen and oxygen atoms in total. The summed E-state index contributed by atoms with van der Waals surface area (Å²) in [6.07, 6.45) is 4.39. The highest BCUT2D eigenvalue weighted by Gasteiger charge is 2.10. The Bertz CT molecular complexity index is 658. The first-order valence-electron chi connectivity index (χ1n) is 7.53. The fourth-order valence-corrected chi connectivity index (χ4v) is 2.13. The maximum atomic E-state index is 12.3. The lowest BCUT2D eigenvalue weighted by Gasteiger charge is -2.21. The maximum Gasteiger partial charge on any atom is 0.269 e. The minimum Gasteiger partial charge on any atom is -0.385 e. The summed E-state index contributed by atoms with van der Waals surface area (Å²) in [6.45, 7) is 1.35. The number of carbonyl (C=O) groups excluding carboxylic acids is 1. The molecule has 0 saturated carbocycles. The second-order valence-electron chi connectivity index (χ2n) is 5.08. The number of aromatic nitrogens is 2. The van der Waals surface area contributed by atoms with Crippen molar-refractivity contribution in [2.24, 2.45) is 0 Å². The van der Waals surface area contributed by atoms with Crippen molar-refractivity contribution in [3.8, 4) is 5.69 Å². The van der Waals surface area contributed by atoms with Gasteiger partial charge in [-0.05, 0) is 49.0 Å². The second-order valence-corrected chi connectivity index (χ2v) is 5.46. The lowest BCUT2D eigenvalue weighted by atomic mass is 10.2. The van der Waals surface area contributed by atoms with Gasteiger partial charge in [0.1, 0.15) is 0 Å². The summed E-state index contributed by atoms with van der Waals surface area (Å²) >= 11 is 5.22. The van der Waals surface area contributed by atoms with Crippen LogP contribution in [0.1, 0.15) is 16.8 Å². The molecule has 2 N–H and O–H groups in total. The number of rotatable bonds is 6. The number of thiocarbonyl (C=S) groups is 1. The Morgan fingerprint density at radius 2 is 2.12 bits per heavy atom. The normalized spacial score (nSPS) is 10.2. The van der Waals surface area contributed by atoms with E-state index in [-0.39, 0.29) is 5.91 Å². The van der Waals surface area contributed by atoms with Crippen molar-refractivity contribution in [2.75, 3.05) is 27.3 Å². The van der Waals surface area contributed by atoms with Gasteiger partial charge < -0.3 is 10.1 Å². The second kappa shape index (κ2) is 8.99. The Kier molecular flexibility index (Phi) is 6.71. The van der Waals surface area contributed by atoms with E-state index in [0.717, 1.165) is 12.1 Å². The zero-order valence-electron chi connectivity index (χ0n) is 13.7. The first-order valence-corrected chi connectivity index (χ1v) is 7.94. The third kappa shape index (κ3) is 5.04. The Morgan fingerprint density at radius 1 is 1.38 bits per heavy atom. The lowest BCUT2D eigenvalue weighted by molar-refractivity contribution is 0.0886. The van der Waals surface area contributed by atoms with Crippen molar-refractivity contribution in [1.29, 1.82) is 0 Å². The van der Waals surface area contributed by atoms with Crippen molar-refractivity contribution in [2.45, 2.75) is 6.42 Å². The fraction of sp³-hybridized carbons (Fsp3) is 0.312. The Morgan fingerprint density at radius 3 is 2.75 bits per heavy atom. The SMILES string of the molecule is COCCCNC(=S)N(C)NC(=O)c1ccc(-n2cccn2)cc1. The number of hydrazine groups is 1. The van der Waals surface area contributed by atoms with E-state index in [4.69, 9.17) is 17.0 Å². The zero-order chi connectivity index (χ0) is 17.4. The van der Waals surface area contributed by atoms with Gasteiger partial charge in [0.05, 0.1) is 5.69 Å². The summed E-state index contributed by atoms with van der Waals surface area (Å²) in [5.74, 6) is -0.231. The van der Waals surface area contributed by atoms with Crippen LogP contribution in [0.5, 0.6) is 0 Å². The van der Waals surface area contributed by atoms with Crippen LogP contribution >= 0.6 is 12.2 Å². The van der Waals surface area contributed by atoms with Gasteiger partial charge in [-0.3, -0.25) is 15.2 Å². The van der Waals surface area contributed by atoms with Gasteiger partial charge in [-0.25, -0.2) is 4.68 Å². The number of hydrogen-bond acceptors (Lipinski definition) is 4. The average molecular weight is 347 g/mol. The van der Waals surface area contributed by atoms with Gasteiger partial charge in [-0.1, -0.05) is 0 Å². The molecule has 0 fully saturated rings. The van der Waals surface area contributed by atoms with Crippen LogP contribution in [0.3, 0.4) is 0 Å². The van der Waals surface area contributed by atoms with Crippen molar-refractivity contribution in [3.63, 3.8) is 0 Å². The van der Waals surface area contributed by atoms with Gasteiger partial charge in [-0.15, -0.1) is 0 Å². The molecule has 1 aromatic heterocycles. The Balaban J connectivity index is 1.86. The van der Waals surface area contributed by atoms with Crippen LogP contribution in [0.2, 0.25) is 0 Å². The van der Waals surface area contributed by atoms with Crippen molar-refractivity contribution in [1.82, 2.24) is 25.5 Å². The molecular formula is C16H21N5O2S. The van der Waals surface area contributed by atoms with E-state index in [1.165, 1.54) is 5.01 Å². The molecule has 0 atom stereocenters. The largest absolute Gasteiger partial charge is 0.385 e. The highest BCUT2D eigenvalue weighted by Crippen LogP contribution is 2.08. The number of ether oxygens (including phenoxy) is 1. The quantitative estimate of drug-likeness (QED) is 0.467. The Labute approximate surface area is 146 Å². The molecule has 1 heterocycles. The standard InChI is InChI=1S/C16H21N5O2S/c1-20(16(24)17-9-4-12-23-2)19-15(22)13-5-7-14(8-6-13)21-11-3-10-18-21/h3,5-8,10-11H,4,9,12H2,1-2H3,(H,17,24)(H,19,22). The molecule has 0 aliphatic heterocycles. The van der Waals surface area contributed by atoms with Crippen molar-refractivity contribution >= 4 is 23.2 Å². The molecule has 0 aliphatic rings. The molecule has 0 saturated heterocycles. The highest BCUT2D eigenvalue weighted by atomic mass is 32.1. The van der Waals surface area contributed by atoms with E-state index in [1.807, 2.05) is 24.4 Å². The molecular weight excluding hydrogens is 326 g/mol. The monoisotopic (exact) mass is 347 g/mol. The highest BCUT2D eigenvalue weighted by molar-refractivity contribution is 7.80. The van der Waals surface area contributed by atoms with Gasteiger partial charge in [0.15, 0.2) is 5.11 Å². The number of methoxy groups -OCH3 is 1. The molecule has 1 aromatic carbocycles. The number of amides is 1. The molecule has 0 aliphatic carbocycles. The van der Waals surface area contributed by atoms with Crippen LogP contribution in [0.15, 0.2) is 42.7 Å². The molecule has 24 heavy (non-hydrogen) atoms. The summed E-state index contributed by atoms with van der Waals surface area (Å²) in [5.41, 5.74) is 4.16. The number of carbonyl (C=O) groups is 1. The molecule has 0 bridgehead atoms. The molecule has 0 spiro atoms. The molecule has 2 rings (SSSR count). The van der Waals surface area contributed by atoms with E-state index in [2.05, 4.69) is 15.8 Å². The first kappa shape index (κ1) is 17.9. The van der Waals surface area contributed by atoms with E-state index >= 15 is 0 Å². The predicted molar refractivity (Wildman–Crippen MR) is 95.9 cm³/mol. The molecule has 0 radical (unpaired) electrons. The van der Waals surface area contributed by atoms with Crippen LogP contribution in [-0.4, -0.2) is 53.1 Å². The van der Waals surface area contributed by atoms with Crippen LogP contribution in [0, 0.1) is 0 Å². The van der Waals surface area contributed by atoms with Gasteiger partial charge in [0, 0.05) is 45.3 Å². The maximum absolute atomic E-state index is 12.3. The average Bonchev–Trinajstić information content (AvgIpc) is 3.13.